The van der Waals surface area contributed by atoms with Gasteiger partial charge in [-0.15, -0.1) is 6.58 Å². The molecule has 2 atom stereocenters. The maximum atomic E-state index is 6.25. The van der Waals surface area contributed by atoms with E-state index in [2.05, 4.69) is 39.2 Å². The van der Waals surface area contributed by atoms with Crippen LogP contribution in [0.2, 0.25) is 0 Å². The monoisotopic (exact) mass is 340 g/mol. The van der Waals surface area contributed by atoms with E-state index < -0.39 is 0 Å². The van der Waals surface area contributed by atoms with Crippen LogP contribution in [-0.4, -0.2) is 25.4 Å². The number of anilines is 1. The second kappa shape index (κ2) is 8.19. The van der Waals surface area contributed by atoms with Crippen molar-refractivity contribution in [3.8, 4) is 5.75 Å². The largest absolute Gasteiger partial charge is 0.487 e. The maximum Gasteiger partial charge on any atom is 0.142 e. The minimum atomic E-state index is -0.234. The molecule has 2 unspecified atom stereocenters. The van der Waals surface area contributed by atoms with Gasteiger partial charge in [0.25, 0.3) is 0 Å². The number of ether oxygens (including phenoxy) is 2. The summed E-state index contributed by atoms with van der Waals surface area (Å²) in [6, 6.07) is 5.71. The van der Waals surface area contributed by atoms with Crippen molar-refractivity contribution in [2.45, 2.75) is 31.4 Å². The zero-order valence-corrected chi connectivity index (χ0v) is 15.1. The Morgan fingerprint density at radius 1 is 1.20 bits per heavy atom. The predicted octanol–water partition coefficient (Wildman–Crippen LogP) is 3.51. The number of nitrogen functional groups attached to an aromatic ring is 1. The predicted molar refractivity (Wildman–Crippen MR) is 105 cm³/mol. The highest BCUT2D eigenvalue weighted by molar-refractivity contribution is 5.57. The number of rotatable bonds is 8. The Hall–Kier alpha value is -2.30. The zero-order chi connectivity index (χ0) is 18.4. The summed E-state index contributed by atoms with van der Waals surface area (Å²) in [5.41, 5.74) is 15.0. The number of allylic oxidation sites excluding steroid dienone is 2. The molecule has 0 saturated heterocycles. The van der Waals surface area contributed by atoms with E-state index in [-0.39, 0.29) is 17.6 Å². The Morgan fingerprint density at radius 3 is 2.52 bits per heavy atom. The normalized spacial score (nSPS) is 20.0. The van der Waals surface area contributed by atoms with E-state index in [0.29, 0.717) is 24.7 Å². The van der Waals surface area contributed by atoms with Crippen molar-refractivity contribution in [1.82, 2.24) is 0 Å². The van der Waals surface area contributed by atoms with Gasteiger partial charge in [0, 0.05) is 5.41 Å². The lowest BCUT2D eigenvalue weighted by Gasteiger charge is -2.32. The van der Waals surface area contributed by atoms with Crippen LogP contribution in [0.3, 0.4) is 0 Å². The van der Waals surface area contributed by atoms with E-state index in [4.69, 9.17) is 20.9 Å². The van der Waals surface area contributed by atoms with Gasteiger partial charge < -0.3 is 20.9 Å². The zero-order valence-electron chi connectivity index (χ0n) is 15.1. The quantitative estimate of drug-likeness (QED) is 0.561. The molecule has 0 radical (unpaired) electrons. The molecule has 4 N–H and O–H groups in total. The molecule has 1 aliphatic rings. The Morgan fingerprint density at radius 2 is 1.92 bits per heavy atom. The van der Waals surface area contributed by atoms with Gasteiger partial charge in [0.2, 0.25) is 0 Å². The van der Waals surface area contributed by atoms with Crippen molar-refractivity contribution in [1.29, 1.82) is 0 Å². The lowest BCUT2D eigenvalue weighted by Crippen LogP contribution is -2.37. The van der Waals surface area contributed by atoms with Crippen LogP contribution in [0.1, 0.15) is 19.4 Å². The highest BCUT2D eigenvalue weighted by atomic mass is 16.5. The fraction of sp³-hybridized carbons (Fsp3) is 0.333. The molecule has 0 fully saturated rings. The molecule has 1 aromatic rings. The van der Waals surface area contributed by atoms with Gasteiger partial charge in [-0.1, -0.05) is 56.9 Å². The Kier molecular flexibility index (Phi) is 6.23. The van der Waals surface area contributed by atoms with E-state index >= 15 is 0 Å². The third-order valence-corrected chi connectivity index (χ3v) is 4.43. The van der Waals surface area contributed by atoms with Crippen LogP contribution in [0.25, 0.3) is 0 Å². The summed E-state index contributed by atoms with van der Waals surface area (Å²) >= 11 is 0. The summed E-state index contributed by atoms with van der Waals surface area (Å²) in [5, 5.41) is 0. The first kappa shape index (κ1) is 19.0. The van der Waals surface area contributed by atoms with Gasteiger partial charge >= 0.3 is 0 Å². The van der Waals surface area contributed by atoms with Crippen molar-refractivity contribution in [3.63, 3.8) is 0 Å². The first-order chi connectivity index (χ1) is 11.9. The van der Waals surface area contributed by atoms with Crippen LogP contribution in [-0.2, 0) is 10.2 Å². The molecule has 25 heavy (non-hydrogen) atoms. The molecule has 0 spiro atoms. The van der Waals surface area contributed by atoms with Gasteiger partial charge in [0.15, 0.2) is 0 Å². The van der Waals surface area contributed by atoms with E-state index in [1.807, 2.05) is 24.3 Å². The van der Waals surface area contributed by atoms with Crippen LogP contribution >= 0.6 is 0 Å². The van der Waals surface area contributed by atoms with Crippen LogP contribution in [0.5, 0.6) is 5.75 Å². The smallest absolute Gasteiger partial charge is 0.142 e. The van der Waals surface area contributed by atoms with E-state index in [0.717, 1.165) is 11.1 Å². The molecule has 1 aromatic carbocycles. The van der Waals surface area contributed by atoms with Crippen LogP contribution in [0, 0.1) is 0 Å². The molecule has 0 saturated carbocycles. The standard InChI is InChI=1S/C21H28N2O2/c1-5-11-24-19-9-7-15(13-17(19)22)21(3,4)16-8-10-20(18(23)14-16)25-12-6-2/h5-10,13-14,17,19H,1-2,11-12,22-23H2,3-4H3. The summed E-state index contributed by atoms with van der Waals surface area (Å²) in [6.45, 7) is 12.5. The van der Waals surface area contributed by atoms with E-state index in [1.165, 1.54) is 0 Å². The molecule has 0 amide bonds. The maximum absolute atomic E-state index is 6.25. The molecule has 0 heterocycles. The summed E-state index contributed by atoms with van der Waals surface area (Å²) < 4.78 is 11.2. The van der Waals surface area contributed by atoms with Crippen molar-refractivity contribution >= 4 is 5.69 Å². The Labute approximate surface area is 150 Å². The van der Waals surface area contributed by atoms with Gasteiger partial charge in [-0.25, -0.2) is 0 Å². The SMILES string of the molecule is C=CCOc1ccc(C(C)(C)C2=CC(N)C(OCC=C)C=C2)cc1N. The molecule has 4 nitrogen and oxygen atoms in total. The van der Waals surface area contributed by atoms with E-state index in [1.54, 1.807) is 12.2 Å². The average Bonchev–Trinajstić information content (AvgIpc) is 2.59. The number of nitrogens with two attached hydrogens (primary N) is 2. The third-order valence-electron chi connectivity index (χ3n) is 4.43. The summed E-state index contributed by atoms with van der Waals surface area (Å²) in [6.07, 6.45) is 9.44. The van der Waals surface area contributed by atoms with Crippen LogP contribution in [0.15, 0.2) is 67.3 Å². The second-order valence-electron chi connectivity index (χ2n) is 6.62. The summed E-state index contributed by atoms with van der Waals surface area (Å²) in [7, 11) is 0. The third kappa shape index (κ3) is 4.41. The van der Waals surface area contributed by atoms with Crippen molar-refractivity contribution in [2.75, 3.05) is 18.9 Å². The fourth-order valence-corrected chi connectivity index (χ4v) is 2.83. The lowest BCUT2D eigenvalue weighted by molar-refractivity contribution is 0.0986. The first-order valence-corrected chi connectivity index (χ1v) is 8.42. The minimum Gasteiger partial charge on any atom is -0.487 e. The van der Waals surface area contributed by atoms with Gasteiger partial charge in [-0.2, -0.15) is 0 Å². The van der Waals surface area contributed by atoms with Crippen molar-refractivity contribution in [2.24, 2.45) is 5.73 Å². The first-order valence-electron chi connectivity index (χ1n) is 8.42. The fourth-order valence-electron chi connectivity index (χ4n) is 2.83. The molecule has 1 aliphatic carbocycles. The molecular weight excluding hydrogens is 312 g/mol. The Bertz CT molecular complexity index is 689. The topological polar surface area (TPSA) is 70.5 Å². The highest BCUT2D eigenvalue weighted by Crippen LogP contribution is 2.37. The second-order valence-corrected chi connectivity index (χ2v) is 6.62. The molecule has 2 rings (SSSR count). The molecule has 4 heteroatoms. The Balaban J connectivity index is 2.21. The average molecular weight is 340 g/mol. The number of hydrogen-bond acceptors (Lipinski definition) is 4. The minimum absolute atomic E-state index is 0.128. The number of hydrogen-bond donors (Lipinski definition) is 2. The van der Waals surface area contributed by atoms with Gasteiger partial charge in [0.05, 0.1) is 24.4 Å². The van der Waals surface area contributed by atoms with Gasteiger partial charge in [-0.05, 0) is 23.3 Å². The molecule has 134 valence electrons. The highest BCUT2D eigenvalue weighted by Gasteiger charge is 2.29. The molecule has 0 aliphatic heterocycles. The van der Waals surface area contributed by atoms with E-state index in [9.17, 15) is 0 Å². The molecule has 0 bridgehead atoms. The summed E-state index contributed by atoms with van der Waals surface area (Å²) in [4.78, 5) is 0. The van der Waals surface area contributed by atoms with Gasteiger partial charge in [-0.3, -0.25) is 0 Å². The summed E-state index contributed by atoms with van der Waals surface area (Å²) in [5.74, 6) is 0.669. The number of benzene rings is 1. The van der Waals surface area contributed by atoms with Crippen LogP contribution in [0.4, 0.5) is 5.69 Å². The lowest BCUT2D eigenvalue weighted by atomic mass is 9.75. The molecule has 0 aromatic heterocycles. The van der Waals surface area contributed by atoms with Gasteiger partial charge in [0.1, 0.15) is 12.4 Å². The van der Waals surface area contributed by atoms with Crippen molar-refractivity contribution < 1.29 is 9.47 Å². The van der Waals surface area contributed by atoms with Crippen LogP contribution < -0.4 is 16.2 Å². The van der Waals surface area contributed by atoms with Crippen molar-refractivity contribution in [3.05, 3.63) is 72.9 Å². The molecular formula is C21H28N2O2.